The van der Waals surface area contributed by atoms with Crippen molar-refractivity contribution in [1.29, 1.82) is 0 Å². The summed E-state index contributed by atoms with van der Waals surface area (Å²) in [6.07, 6.45) is 17.7. The maximum atomic E-state index is 11.9. The molecule has 0 aromatic carbocycles. The summed E-state index contributed by atoms with van der Waals surface area (Å²) in [5.41, 5.74) is 0. The second kappa shape index (κ2) is 20.7. The van der Waals surface area contributed by atoms with Crippen LogP contribution in [0.25, 0.3) is 0 Å². The average molecular weight is 399 g/mol. The van der Waals surface area contributed by atoms with Crippen LogP contribution in [0.5, 0.6) is 0 Å². The van der Waals surface area contributed by atoms with Crippen LogP contribution in [-0.2, 0) is 19.1 Å². The monoisotopic (exact) mass is 398 g/mol. The minimum Gasteiger partial charge on any atom is -0.466 e. The van der Waals surface area contributed by atoms with Crippen LogP contribution in [0.1, 0.15) is 130 Å². The van der Waals surface area contributed by atoms with Crippen molar-refractivity contribution in [3.05, 3.63) is 0 Å². The molecule has 0 amide bonds. The Balaban J connectivity index is 3.49. The summed E-state index contributed by atoms with van der Waals surface area (Å²) in [5, 5.41) is 0. The number of carbonyl (C=O) groups excluding carboxylic acids is 2. The van der Waals surface area contributed by atoms with Crippen LogP contribution in [0.3, 0.4) is 0 Å². The van der Waals surface area contributed by atoms with Crippen LogP contribution in [0.4, 0.5) is 0 Å². The van der Waals surface area contributed by atoms with Gasteiger partial charge in [-0.15, -0.1) is 0 Å². The maximum absolute atomic E-state index is 11.9. The van der Waals surface area contributed by atoms with E-state index in [1.54, 1.807) is 0 Å². The van der Waals surface area contributed by atoms with Crippen LogP contribution in [0, 0.1) is 0 Å². The van der Waals surface area contributed by atoms with E-state index in [0.717, 1.165) is 38.5 Å². The zero-order valence-electron chi connectivity index (χ0n) is 18.9. The molecule has 4 heteroatoms. The van der Waals surface area contributed by atoms with Gasteiger partial charge in [-0.05, 0) is 25.7 Å². The molecule has 28 heavy (non-hydrogen) atoms. The molecule has 0 saturated carbocycles. The van der Waals surface area contributed by atoms with Gasteiger partial charge in [0.25, 0.3) is 0 Å². The van der Waals surface area contributed by atoms with E-state index in [-0.39, 0.29) is 18.0 Å². The Hall–Kier alpha value is -1.06. The highest BCUT2D eigenvalue weighted by molar-refractivity contribution is 5.72. The van der Waals surface area contributed by atoms with E-state index in [1.807, 2.05) is 0 Å². The quantitative estimate of drug-likeness (QED) is 0.162. The summed E-state index contributed by atoms with van der Waals surface area (Å²) in [5.74, 6) is -0.378. The summed E-state index contributed by atoms with van der Waals surface area (Å²) in [6.45, 7) is 6.95. The van der Waals surface area contributed by atoms with E-state index in [2.05, 4.69) is 20.8 Å². The molecular formula is C24H46O4. The predicted molar refractivity (Wildman–Crippen MR) is 116 cm³/mol. The van der Waals surface area contributed by atoms with Crippen molar-refractivity contribution in [2.45, 2.75) is 136 Å². The Morgan fingerprint density at radius 1 is 0.607 bits per heavy atom. The van der Waals surface area contributed by atoms with Crippen molar-refractivity contribution in [1.82, 2.24) is 0 Å². The van der Waals surface area contributed by atoms with Gasteiger partial charge in [-0.25, -0.2) is 0 Å². The minimum atomic E-state index is -0.192. The predicted octanol–water partition coefficient (Wildman–Crippen LogP) is 7.13. The smallest absolute Gasteiger partial charge is 0.306 e. The van der Waals surface area contributed by atoms with Gasteiger partial charge >= 0.3 is 11.9 Å². The first kappa shape index (κ1) is 26.9. The fraction of sp³-hybridized carbons (Fsp3) is 0.917. The molecule has 0 fully saturated rings. The number of esters is 2. The number of hydrogen-bond acceptors (Lipinski definition) is 4. The largest absolute Gasteiger partial charge is 0.466 e. The molecule has 4 nitrogen and oxygen atoms in total. The third-order valence-corrected chi connectivity index (χ3v) is 5.04. The summed E-state index contributed by atoms with van der Waals surface area (Å²) in [4.78, 5) is 23.6. The van der Waals surface area contributed by atoms with Crippen molar-refractivity contribution in [3.8, 4) is 0 Å². The van der Waals surface area contributed by atoms with E-state index < -0.39 is 0 Å². The van der Waals surface area contributed by atoms with Crippen LogP contribution in [-0.4, -0.2) is 24.6 Å². The SMILES string of the molecule is CCCCCCCCCCCCOC(=O)CCCC(=O)OC(CCC)CCC. The van der Waals surface area contributed by atoms with Gasteiger partial charge in [0.1, 0.15) is 6.10 Å². The molecule has 0 radical (unpaired) electrons. The summed E-state index contributed by atoms with van der Waals surface area (Å²) in [7, 11) is 0. The first-order chi connectivity index (χ1) is 13.6. The summed E-state index contributed by atoms with van der Waals surface area (Å²) in [6, 6.07) is 0. The number of ether oxygens (including phenoxy) is 2. The number of rotatable bonds is 20. The Morgan fingerprint density at radius 3 is 1.64 bits per heavy atom. The van der Waals surface area contributed by atoms with Gasteiger partial charge in [-0.2, -0.15) is 0 Å². The standard InChI is InChI=1S/C24H46O4/c1-4-7-8-9-10-11-12-13-14-15-21-27-23(25)19-16-20-24(26)28-22(17-5-2)18-6-3/h22H,4-21H2,1-3H3. The van der Waals surface area contributed by atoms with E-state index in [1.165, 1.54) is 51.4 Å². The highest BCUT2D eigenvalue weighted by Gasteiger charge is 2.13. The molecule has 0 atom stereocenters. The van der Waals surface area contributed by atoms with E-state index >= 15 is 0 Å². The molecule has 0 rings (SSSR count). The Kier molecular flexibility index (Phi) is 19.9. The van der Waals surface area contributed by atoms with Crippen LogP contribution >= 0.6 is 0 Å². The number of hydrogen-bond donors (Lipinski definition) is 0. The number of unbranched alkanes of at least 4 members (excludes halogenated alkanes) is 9. The Labute approximate surface area is 174 Å². The molecule has 0 saturated heterocycles. The minimum absolute atomic E-state index is 0.0331. The molecule has 0 aliphatic rings. The molecule has 0 aromatic rings. The van der Waals surface area contributed by atoms with Gasteiger partial charge in [-0.3, -0.25) is 9.59 Å². The molecule has 0 N–H and O–H groups in total. The van der Waals surface area contributed by atoms with Crippen LogP contribution < -0.4 is 0 Å². The molecule has 0 unspecified atom stereocenters. The lowest BCUT2D eigenvalue weighted by Crippen LogP contribution is -2.18. The van der Waals surface area contributed by atoms with Gasteiger partial charge in [0.05, 0.1) is 6.61 Å². The van der Waals surface area contributed by atoms with Gasteiger partial charge in [-0.1, -0.05) is 91.4 Å². The lowest BCUT2D eigenvalue weighted by atomic mass is 10.1. The second-order valence-corrected chi connectivity index (χ2v) is 7.95. The number of carbonyl (C=O) groups is 2. The first-order valence-corrected chi connectivity index (χ1v) is 12.0. The van der Waals surface area contributed by atoms with Gasteiger partial charge in [0.15, 0.2) is 0 Å². The molecule has 0 aliphatic carbocycles. The molecule has 166 valence electrons. The third-order valence-electron chi connectivity index (χ3n) is 5.04. The zero-order valence-corrected chi connectivity index (χ0v) is 18.9. The topological polar surface area (TPSA) is 52.6 Å². The van der Waals surface area contributed by atoms with E-state index in [4.69, 9.17) is 9.47 Å². The highest BCUT2D eigenvalue weighted by atomic mass is 16.5. The molecule has 0 aromatic heterocycles. The molecule has 0 spiro atoms. The van der Waals surface area contributed by atoms with Crippen molar-refractivity contribution in [2.24, 2.45) is 0 Å². The van der Waals surface area contributed by atoms with E-state index in [0.29, 0.717) is 25.9 Å². The zero-order chi connectivity index (χ0) is 20.9. The van der Waals surface area contributed by atoms with Crippen molar-refractivity contribution >= 4 is 11.9 Å². The fourth-order valence-corrected chi connectivity index (χ4v) is 3.38. The third kappa shape index (κ3) is 18.3. The summed E-state index contributed by atoms with van der Waals surface area (Å²) < 4.78 is 10.8. The first-order valence-electron chi connectivity index (χ1n) is 12.0. The molecule has 0 aliphatic heterocycles. The van der Waals surface area contributed by atoms with Gasteiger partial charge in [0, 0.05) is 12.8 Å². The van der Waals surface area contributed by atoms with Crippen LogP contribution in [0.2, 0.25) is 0 Å². The summed E-state index contributed by atoms with van der Waals surface area (Å²) >= 11 is 0. The maximum Gasteiger partial charge on any atom is 0.306 e. The Bertz CT molecular complexity index is 362. The normalized spacial score (nSPS) is 11.0. The lowest BCUT2D eigenvalue weighted by Gasteiger charge is -2.16. The van der Waals surface area contributed by atoms with Crippen LogP contribution in [0.15, 0.2) is 0 Å². The average Bonchev–Trinajstić information content (AvgIpc) is 2.66. The van der Waals surface area contributed by atoms with Crippen molar-refractivity contribution in [3.63, 3.8) is 0 Å². The van der Waals surface area contributed by atoms with Crippen molar-refractivity contribution < 1.29 is 19.1 Å². The fourth-order valence-electron chi connectivity index (χ4n) is 3.38. The Morgan fingerprint density at radius 2 is 1.11 bits per heavy atom. The van der Waals surface area contributed by atoms with Gasteiger partial charge < -0.3 is 9.47 Å². The lowest BCUT2D eigenvalue weighted by molar-refractivity contribution is -0.150. The van der Waals surface area contributed by atoms with Crippen molar-refractivity contribution in [2.75, 3.05) is 6.61 Å². The van der Waals surface area contributed by atoms with Gasteiger partial charge in [0.2, 0.25) is 0 Å². The molecule has 0 bridgehead atoms. The molecule has 0 heterocycles. The highest BCUT2D eigenvalue weighted by Crippen LogP contribution is 2.12. The second-order valence-electron chi connectivity index (χ2n) is 7.95. The van der Waals surface area contributed by atoms with E-state index in [9.17, 15) is 9.59 Å². The molecular weight excluding hydrogens is 352 g/mol.